The van der Waals surface area contributed by atoms with Gasteiger partial charge in [0.15, 0.2) is 5.82 Å². The van der Waals surface area contributed by atoms with Crippen molar-refractivity contribution in [2.24, 2.45) is 0 Å². The fourth-order valence-electron chi connectivity index (χ4n) is 3.70. The van der Waals surface area contributed by atoms with E-state index in [4.69, 9.17) is 0 Å². The maximum Gasteiger partial charge on any atom is 0.169 e. The number of benzene rings is 1. The maximum atomic E-state index is 4.48. The van der Waals surface area contributed by atoms with E-state index in [-0.39, 0.29) is 0 Å². The van der Waals surface area contributed by atoms with Crippen molar-refractivity contribution in [2.75, 3.05) is 26.2 Å². The van der Waals surface area contributed by atoms with Gasteiger partial charge in [-0.3, -0.25) is 0 Å². The fourth-order valence-corrected chi connectivity index (χ4v) is 4.38. The quantitative estimate of drug-likeness (QED) is 0.627. The lowest BCUT2D eigenvalue weighted by Gasteiger charge is -2.33. The minimum absolute atomic E-state index is 0.679. The number of nitrogens with zero attached hydrogens (tertiary/aromatic N) is 3. The first-order chi connectivity index (χ1) is 13.4. The molecule has 0 saturated carbocycles. The Morgan fingerprint density at radius 3 is 2.70 bits per heavy atom. The van der Waals surface area contributed by atoms with Crippen LogP contribution in [0.1, 0.15) is 29.9 Å². The van der Waals surface area contributed by atoms with Crippen LogP contribution in [-0.2, 0) is 6.54 Å². The normalized spacial score (nSPS) is 17.9. The third kappa shape index (κ3) is 5.01. The van der Waals surface area contributed by atoms with Crippen LogP contribution in [0.4, 0.5) is 0 Å². The van der Waals surface area contributed by atoms with Crippen molar-refractivity contribution in [3.8, 4) is 10.7 Å². The molecule has 140 valence electrons. The lowest BCUT2D eigenvalue weighted by atomic mass is 9.91. The summed E-state index contributed by atoms with van der Waals surface area (Å²) in [5.74, 6) is 1.49. The highest BCUT2D eigenvalue weighted by atomic mass is 32.1. The number of aromatic nitrogens is 2. The summed E-state index contributed by atoms with van der Waals surface area (Å²) >= 11 is 1.67. The summed E-state index contributed by atoms with van der Waals surface area (Å²) in [6.07, 6.45) is 6.46. The van der Waals surface area contributed by atoms with Crippen molar-refractivity contribution in [3.63, 3.8) is 0 Å². The Kier molecular flexibility index (Phi) is 6.25. The highest BCUT2D eigenvalue weighted by Crippen LogP contribution is 2.26. The van der Waals surface area contributed by atoms with E-state index in [2.05, 4.69) is 62.0 Å². The number of hydrogen-bond acceptors (Lipinski definition) is 5. The van der Waals surface area contributed by atoms with Crippen LogP contribution in [0.15, 0.2) is 60.2 Å². The van der Waals surface area contributed by atoms with Gasteiger partial charge in [0, 0.05) is 44.1 Å². The molecule has 0 bridgehead atoms. The lowest BCUT2D eigenvalue weighted by molar-refractivity contribution is 0.208. The molecule has 1 aromatic carbocycles. The van der Waals surface area contributed by atoms with Gasteiger partial charge in [-0.05, 0) is 42.3 Å². The Bertz CT molecular complexity index is 802. The van der Waals surface area contributed by atoms with E-state index in [1.807, 2.05) is 18.5 Å². The van der Waals surface area contributed by atoms with E-state index in [1.165, 1.54) is 31.5 Å². The topological polar surface area (TPSA) is 41.0 Å². The van der Waals surface area contributed by atoms with Crippen molar-refractivity contribution in [1.29, 1.82) is 0 Å². The van der Waals surface area contributed by atoms with Gasteiger partial charge in [0.1, 0.15) is 0 Å². The third-order valence-electron chi connectivity index (χ3n) is 5.16. The number of thiophene rings is 1. The van der Waals surface area contributed by atoms with Crippen molar-refractivity contribution in [1.82, 2.24) is 20.2 Å². The molecule has 4 rings (SSSR count). The molecule has 0 spiro atoms. The number of piperidine rings is 1. The molecule has 0 aliphatic carbocycles. The minimum atomic E-state index is 0.679. The van der Waals surface area contributed by atoms with Gasteiger partial charge in [-0.15, -0.1) is 11.3 Å². The summed E-state index contributed by atoms with van der Waals surface area (Å²) in [6, 6.07) is 15.0. The second-order valence-corrected chi connectivity index (χ2v) is 8.07. The molecule has 0 amide bonds. The number of likely N-dealkylation sites (tertiary alicyclic amines) is 1. The van der Waals surface area contributed by atoms with Crippen LogP contribution in [0.5, 0.6) is 0 Å². The Labute approximate surface area is 165 Å². The SMILES string of the molecule is c1ccc(C2CCCN(CCNCc3cnc(-c4cccs4)nc3)C2)cc1. The molecule has 27 heavy (non-hydrogen) atoms. The Balaban J connectivity index is 1.21. The fraction of sp³-hybridized carbons (Fsp3) is 0.364. The minimum Gasteiger partial charge on any atom is -0.311 e. The average Bonchev–Trinajstić information content (AvgIpc) is 3.27. The molecule has 1 N–H and O–H groups in total. The first kappa shape index (κ1) is 18.3. The number of rotatable bonds is 7. The van der Waals surface area contributed by atoms with Crippen molar-refractivity contribution in [3.05, 3.63) is 71.4 Å². The van der Waals surface area contributed by atoms with Crippen LogP contribution in [0.2, 0.25) is 0 Å². The zero-order valence-corrected chi connectivity index (χ0v) is 16.4. The highest BCUT2D eigenvalue weighted by Gasteiger charge is 2.20. The van der Waals surface area contributed by atoms with Crippen molar-refractivity contribution >= 4 is 11.3 Å². The zero-order valence-electron chi connectivity index (χ0n) is 15.6. The molecule has 4 nitrogen and oxygen atoms in total. The molecule has 1 atom stereocenters. The van der Waals surface area contributed by atoms with Gasteiger partial charge in [-0.1, -0.05) is 36.4 Å². The Hall–Kier alpha value is -2.08. The van der Waals surface area contributed by atoms with E-state index in [0.717, 1.165) is 35.9 Å². The molecule has 2 aromatic heterocycles. The van der Waals surface area contributed by atoms with Gasteiger partial charge in [0.25, 0.3) is 0 Å². The number of hydrogen-bond donors (Lipinski definition) is 1. The van der Waals surface area contributed by atoms with E-state index in [1.54, 1.807) is 11.3 Å². The van der Waals surface area contributed by atoms with E-state index >= 15 is 0 Å². The smallest absolute Gasteiger partial charge is 0.169 e. The summed E-state index contributed by atoms with van der Waals surface area (Å²) in [5, 5.41) is 5.59. The highest BCUT2D eigenvalue weighted by molar-refractivity contribution is 7.13. The predicted molar refractivity (Wildman–Crippen MR) is 112 cm³/mol. The summed E-state index contributed by atoms with van der Waals surface area (Å²) in [4.78, 5) is 12.7. The van der Waals surface area contributed by atoms with Crippen LogP contribution in [0, 0.1) is 0 Å². The average molecular weight is 379 g/mol. The monoisotopic (exact) mass is 378 g/mol. The van der Waals surface area contributed by atoms with Crippen LogP contribution < -0.4 is 5.32 Å². The summed E-state index contributed by atoms with van der Waals surface area (Å²) < 4.78 is 0. The maximum absolute atomic E-state index is 4.48. The standard InChI is InChI=1S/C22H26N4S/c1-2-6-19(7-3-1)20-8-4-11-26(17-20)12-10-23-14-18-15-24-22(25-16-18)21-9-5-13-27-21/h1-3,5-7,9,13,15-16,20,23H,4,8,10-12,14,17H2. The lowest BCUT2D eigenvalue weighted by Crippen LogP contribution is -2.38. The second kappa shape index (κ2) is 9.22. The summed E-state index contributed by atoms with van der Waals surface area (Å²) in [6.45, 7) is 5.29. The first-order valence-electron chi connectivity index (χ1n) is 9.71. The van der Waals surface area contributed by atoms with Gasteiger partial charge in [0.05, 0.1) is 4.88 Å². The van der Waals surface area contributed by atoms with Gasteiger partial charge < -0.3 is 10.2 Å². The molecule has 3 heterocycles. The van der Waals surface area contributed by atoms with E-state index < -0.39 is 0 Å². The molecule has 1 saturated heterocycles. The van der Waals surface area contributed by atoms with Gasteiger partial charge in [-0.25, -0.2) is 9.97 Å². The summed E-state index contributed by atoms with van der Waals surface area (Å²) in [7, 11) is 0. The molecular formula is C22H26N4S. The Morgan fingerprint density at radius 1 is 1.07 bits per heavy atom. The molecule has 1 unspecified atom stereocenters. The second-order valence-electron chi connectivity index (χ2n) is 7.12. The van der Waals surface area contributed by atoms with Crippen molar-refractivity contribution in [2.45, 2.75) is 25.3 Å². The molecule has 0 radical (unpaired) electrons. The molecule has 1 aliphatic heterocycles. The van der Waals surface area contributed by atoms with E-state index in [0.29, 0.717) is 5.92 Å². The molecule has 3 aromatic rings. The van der Waals surface area contributed by atoms with Gasteiger partial charge in [0.2, 0.25) is 0 Å². The Morgan fingerprint density at radius 2 is 1.93 bits per heavy atom. The summed E-state index contributed by atoms with van der Waals surface area (Å²) in [5.41, 5.74) is 2.62. The number of nitrogens with one attached hydrogen (secondary N) is 1. The van der Waals surface area contributed by atoms with Crippen LogP contribution in [0.25, 0.3) is 10.7 Å². The van der Waals surface area contributed by atoms with Crippen LogP contribution >= 0.6 is 11.3 Å². The third-order valence-corrected chi connectivity index (χ3v) is 6.02. The van der Waals surface area contributed by atoms with Gasteiger partial charge in [-0.2, -0.15) is 0 Å². The zero-order chi connectivity index (χ0) is 18.3. The van der Waals surface area contributed by atoms with E-state index in [9.17, 15) is 0 Å². The largest absolute Gasteiger partial charge is 0.311 e. The molecule has 1 fully saturated rings. The van der Waals surface area contributed by atoms with Crippen molar-refractivity contribution < 1.29 is 0 Å². The van der Waals surface area contributed by atoms with Crippen LogP contribution in [0.3, 0.4) is 0 Å². The van der Waals surface area contributed by atoms with Gasteiger partial charge >= 0.3 is 0 Å². The molecular weight excluding hydrogens is 352 g/mol. The molecule has 5 heteroatoms. The first-order valence-corrected chi connectivity index (χ1v) is 10.6. The van der Waals surface area contributed by atoms with Crippen LogP contribution in [-0.4, -0.2) is 41.0 Å². The molecule has 1 aliphatic rings. The predicted octanol–water partition coefficient (Wildman–Crippen LogP) is 4.17.